The van der Waals surface area contributed by atoms with E-state index in [9.17, 15) is 13.2 Å². The lowest BCUT2D eigenvalue weighted by Gasteiger charge is -2.18. The van der Waals surface area contributed by atoms with Gasteiger partial charge >= 0.3 is 0 Å². The number of sulfonamides is 1. The highest BCUT2D eigenvalue weighted by Crippen LogP contribution is 2.34. The maximum absolute atomic E-state index is 12.9. The molecule has 1 atom stereocenters. The van der Waals surface area contributed by atoms with Crippen LogP contribution in [0, 0.1) is 0 Å². The van der Waals surface area contributed by atoms with Crippen LogP contribution in [0.1, 0.15) is 37.6 Å². The van der Waals surface area contributed by atoms with Crippen molar-refractivity contribution in [3.05, 3.63) is 59.2 Å². The van der Waals surface area contributed by atoms with Gasteiger partial charge in [-0.15, -0.1) is 0 Å². The van der Waals surface area contributed by atoms with E-state index >= 15 is 0 Å². The van der Waals surface area contributed by atoms with E-state index in [2.05, 4.69) is 15.1 Å². The second kappa shape index (κ2) is 11.7. The molecule has 2 N–H and O–H groups in total. The normalized spacial score (nSPS) is 12.4. The van der Waals surface area contributed by atoms with Gasteiger partial charge in [-0.1, -0.05) is 18.5 Å². The maximum atomic E-state index is 12.9. The van der Waals surface area contributed by atoms with Crippen molar-refractivity contribution in [2.45, 2.75) is 44.4 Å². The molecule has 0 fully saturated rings. The molecule has 36 heavy (non-hydrogen) atoms. The number of nitrogens with one attached hydrogen (secondary N) is 2. The average Bonchev–Trinajstić information content (AvgIpc) is 3.22. The van der Waals surface area contributed by atoms with E-state index in [1.54, 1.807) is 50.0 Å². The van der Waals surface area contributed by atoms with E-state index in [0.717, 1.165) is 0 Å². The number of halogens is 1. The van der Waals surface area contributed by atoms with Crippen LogP contribution in [-0.4, -0.2) is 43.5 Å². The number of anilines is 1. The minimum absolute atomic E-state index is 0.00643. The molecule has 1 heterocycles. The first-order chi connectivity index (χ1) is 17.0. The van der Waals surface area contributed by atoms with E-state index in [1.807, 2.05) is 6.92 Å². The zero-order chi connectivity index (χ0) is 26.5. The Bertz CT molecular complexity index is 1320. The van der Waals surface area contributed by atoms with Gasteiger partial charge in [0.1, 0.15) is 17.2 Å². The Kier molecular flexibility index (Phi) is 8.96. The van der Waals surface area contributed by atoms with Crippen LogP contribution in [0.15, 0.2) is 53.6 Å². The molecule has 0 radical (unpaired) electrons. The molecule has 0 aliphatic heterocycles. The van der Waals surface area contributed by atoms with Crippen molar-refractivity contribution in [1.29, 1.82) is 0 Å². The van der Waals surface area contributed by atoms with Crippen LogP contribution < -0.4 is 19.5 Å². The highest BCUT2D eigenvalue weighted by molar-refractivity contribution is 7.89. The predicted octanol–water partition coefficient (Wildman–Crippen LogP) is 4.57. The second-order valence-corrected chi connectivity index (χ2v) is 10.3. The Morgan fingerprint density at radius 2 is 1.86 bits per heavy atom. The summed E-state index contributed by atoms with van der Waals surface area (Å²) in [6.07, 6.45) is 1.74. The quantitative estimate of drug-likeness (QED) is 0.344. The van der Waals surface area contributed by atoms with Crippen molar-refractivity contribution in [3.63, 3.8) is 0 Å². The summed E-state index contributed by atoms with van der Waals surface area (Å²) in [6, 6.07) is 10.2. The Labute approximate surface area is 215 Å². The molecule has 0 spiro atoms. The summed E-state index contributed by atoms with van der Waals surface area (Å²) in [5.74, 6) is 0.745. The lowest BCUT2D eigenvalue weighted by Crippen LogP contribution is -2.30. The van der Waals surface area contributed by atoms with Crippen LogP contribution in [-0.2, 0) is 21.8 Å². The Hall–Kier alpha value is -3.12. The SMILES string of the molecule is CCC(OC)Oc1cc(Oc2ccc(S(=O)(=O)NC(C)C)cc2Cl)cc(C(=O)Nc2ccn(C)n2)c1. The summed E-state index contributed by atoms with van der Waals surface area (Å²) in [4.78, 5) is 12.9. The van der Waals surface area contributed by atoms with Gasteiger partial charge in [0.2, 0.25) is 10.0 Å². The van der Waals surface area contributed by atoms with Gasteiger partial charge in [0, 0.05) is 50.5 Å². The number of methoxy groups -OCH3 is 1. The van der Waals surface area contributed by atoms with Gasteiger partial charge in [0.25, 0.3) is 5.91 Å². The number of rotatable bonds is 11. The number of carbonyl (C=O) groups is 1. The lowest BCUT2D eigenvalue weighted by atomic mass is 10.2. The summed E-state index contributed by atoms with van der Waals surface area (Å²) in [5, 5.41) is 6.95. The number of aryl methyl sites for hydroxylation is 1. The number of aromatic nitrogens is 2. The molecule has 12 heteroatoms. The van der Waals surface area contributed by atoms with E-state index in [1.165, 1.54) is 31.4 Å². The summed E-state index contributed by atoms with van der Waals surface area (Å²) in [5.41, 5.74) is 0.246. The first kappa shape index (κ1) is 27.5. The highest BCUT2D eigenvalue weighted by atomic mass is 35.5. The number of ether oxygens (including phenoxy) is 3. The maximum Gasteiger partial charge on any atom is 0.257 e. The van der Waals surface area contributed by atoms with Crippen molar-refractivity contribution in [1.82, 2.24) is 14.5 Å². The number of nitrogens with zero attached hydrogens (tertiary/aromatic N) is 2. The zero-order valence-corrected chi connectivity index (χ0v) is 22.2. The average molecular weight is 537 g/mol. The van der Waals surface area contributed by atoms with Gasteiger partial charge < -0.3 is 19.5 Å². The molecule has 0 saturated carbocycles. The molecule has 3 aromatic rings. The largest absolute Gasteiger partial charge is 0.465 e. The summed E-state index contributed by atoms with van der Waals surface area (Å²) in [6.45, 7) is 5.34. The first-order valence-electron chi connectivity index (χ1n) is 11.2. The van der Waals surface area contributed by atoms with Crippen LogP contribution in [0.2, 0.25) is 5.02 Å². The van der Waals surface area contributed by atoms with Gasteiger partial charge in [0.15, 0.2) is 12.1 Å². The summed E-state index contributed by atoms with van der Waals surface area (Å²) >= 11 is 6.34. The molecule has 1 aromatic heterocycles. The first-order valence-corrected chi connectivity index (χ1v) is 13.0. The van der Waals surface area contributed by atoms with Crippen LogP contribution in [0.4, 0.5) is 5.82 Å². The topological polar surface area (TPSA) is 121 Å². The molecule has 0 saturated heterocycles. The van der Waals surface area contributed by atoms with Gasteiger partial charge in [-0.2, -0.15) is 5.10 Å². The van der Waals surface area contributed by atoms with E-state index < -0.39 is 22.2 Å². The lowest BCUT2D eigenvalue weighted by molar-refractivity contribution is -0.0549. The zero-order valence-electron chi connectivity index (χ0n) is 20.6. The highest BCUT2D eigenvalue weighted by Gasteiger charge is 2.19. The molecular weight excluding hydrogens is 508 g/mol. The Morgan fingerprint density at radius 3 is 2.44 bits per heavy atom. The number of carbonyl (C=O) groups excluding carboxylic acids is 1. The smallest absolute Gasteiger partial charge is 0.257 e. The van der Waals surface area contributed by atoms with Crippen molar-refractivity contribution >= 4 is 33.3 Å². The number of amides is 1. The minimum atomic E-state index is -3.73. The monoisotopic (exact) mass is 536 g/mol. The van der Waals surface area contributed by atoms with Crippen molar-refractivity contribution in [3.8, 4) is 17.2 Å². The summed E-state index contributed by atoms with van der Waals surface area (Å²) in [7, 11) is -0.467. The Balaban J connectivity index is 1.92. The molecule has 1 unspecified atom stereocenters. The van der Waals surface area contributed by atoms with Crippen molar-refractivity contribution < 1.29 is 27.4 Å². The predicted molar refractivity (Wildman–Crippen MR) is 136 cm³/mol. The molecule has 3 rings (SSSR count). The number of benzene rings is 2. The van der Waals surface area contributed by atoms with Gasteiger partial charge in [-0.25, -0.2) is 13.1 Å². The van der Waals surface area contributed by atoms with Crippen LogP contribution in [0.25, 0.3) is 0 Å². The second-order valence-electron chi connectivity index (χ2n) is 8.18. The number of hydrogen-bond donors (Lipinski definition) is 2. The van der Waals surface area contributed by atoms with Crippen LogP contribution in [0.5, 0.6) is 17.2 Å². The van der Waals surface area contributed by atoms with E-state index in [-0.39, 0.29) is 33.0 Å². The fraction of sp³-hybridized carbons (Fsp3) is 0.333. The molecule has 194 valence electrons. The third kappa shape index (κ3) is 7.20. The molecule has 10 nitrogen and oxygen atoms in total. The molecule has 2 aromatic carbocycles. The van der Waals surface area contributed by atoms with E-state index in [4.69, 9.17) is 25.8 Å². The van der Waals surface area contributed by atoms with E-state index in [0.29, 0.717) is 18.0 Å². The fourth-order valence-electron chi connectivity index (χ4n) is 3.19. The van der Waals surface area contributed by atoms with Gasteiger partial charge in [-0.3, -0.25) is 9.48 Å². The standard InChI is InChI=1S/C24H29ClN4O6S/c1-6-23(33-5)35-18-12-16(24(30)26-22-9-10-29(4)27-22)11-17(13-18)34-21-8-7-19(14-20(21)25)36(31,32)28-15(2)3/h7-15,23,28H,6H2,1-5H3,(H,26,27,30). The third-order valence-electron chi connectivity index (χ3n) is 4.79. The van der Waals surface area contributed by atoms with Crippen LogP contribution >= 0.6 is 11.6 Å². The fourth-order valence-corrected chi connectivity index (χ4v) is 4.75. The van der Waals surface area contributed by atoms with Crippen LogP contribution in [0.3, 0.4) is 0 Å². The minimum Gasteiger partial charge on any atom is -0.465 e. The van der Waals surface area contributed by atoms with Crippen molar-refractivity contribution in [2.75, 3.05) is 12.4 Å². The Morgan fingerprint density at radius 1 is 1.14 bits per heavy atom. The molecule has 0 bridgehead atoms. The molecule has 0 aliphatic rings. The third-order valence-corrected chi connectivity index (χ3v) is 6.75. The molecular formula is C24H29ClN4O6S. The van der Waals surface area contributed by atoms with Gasteiger partial charge in [0.05, 0.1) is 9.92 Å². The van der Waals surface area contributed by atoms with Gasteiger partial charge in [-0.05, 0) is 44.2 Å². The number of hydrogen-bond acceptors (Lipinski definition) is 7. The molecule has 0 aliphatic carbocycles. The molecule has 1 amide bonds. The van der Waals surface area contributed by atoms with Crippen molar-refractivity contribution in [2.24, 2.45) is 7.05 Å². The summed E-state index contributed by atoms with van der Waals surface area (Å²) < 4.78 is 46.0.